The average Bonchev–Trinajstić information content (AvgIpc) is 2.32. The number of rotatable bonds is 6. The summed E-state index contributed by atoms with van der Waals surface area (Å²) in [6.45, 7) is 11.4. The van der Waals surface area contributed by atoms with Crippen molar-refractivity contribution in [1.82, 2.24) is 5.32 Å². The van der Waals surface area contributed by atoms with Gasteiger partial charge in [0.1, 0.15) is 0 Å². The van der Waals surface area contributed by atoms with Crippen LogP contribution in [-0.4, -0.2) is 6.54 Å². The SMILES string of the molecule is C=C(CC)CC(NCC)c1ccc(Cl)c(C)c1. The van der Waals surface area contributed by atoms with Gasteiger partial charge in [0.25, 0.3) is 0 Å². The Bertz CT molecular complexity index is 385. The average molecular weight is 252 g/mol. The van der Waals surface area contributed by atoms with Crippen LogP contribution in [0.4, 0.5) is 0 Å². The second-order valence-corrected chi connectivity index (χ2v) is 4.83. The minimum absolute atomic E-state index is 0.350. The lowest BCUT2D eigenvalue weighted by Crippen LogP contribution is -2.21. The lowest BCUT2D eigenvalue weighted by atomic mass is 9.97. The molecule has 0 saturated carbocycles. The van der Waals surface area contributed by atoms with Gasteiger partial charge < -0.3 is 5.32 Å². The number of hydrogen-bond acceptors (Lipinski definition) is 1. The first-order chi connectivity index (χ1) is 8.08. The van der Waals surface area contributed by atoms with Gasteiger partial charge >= 0.3 is 0 Å². The maximum Gasteiger partial charge on any atom is 0.0435 e. The molecule has 1 N–H and O–H groups in total. The van der Waals surface area contributed by atoms with Crippen molar-refractivity contribution in [3.05, 3.63) is 46.5 Å². The van der Waals surface area contributed by atoms with Crippen LogP contribution in [0.1, 0.15) is 43.9 Å². The summed E-state index contributed by atoms with van der Waals surface area (Å²) < 4.78 is 0. The number of halogens is 1. The van der Waals surface area contributed by atoms with E-state index in [2.05, 4.69) is 37.9 Å². The quantitative estimate of drug-likeness (QED) is 0.726. The van der Waals surface area contributed by atoms with Crippen LogP contribution in [0.15, 0.2) is 30.4 Å². The molecule has 1 rings (SSSR count). The van der Waals surface area contributed by atoms with Gasteiger partial charge in [-0.05, 0) is 43.5 Å². The standard InChI is InChI=1S/C15H22ClN/c1-5-11(3)9-15(17-6-2)13-7-8-14(16)12(4)10-13/h7-8,10,15,17H,3,5-6,9H2,1-2,4H3. The summed E-state index contributed by atoms with van der Waals surface area (Å²) in [5, 5.41) is 4.34. The number of hydrogen-bond donors (Lipinski definition) is 1. The predicted molar refractivity (Wildman–Crippen MR) is 76.7 cm³/mol. The number of nitrogens with one attached hydrogen (secondary N) is 1. The van der Waals surface area contributed by atoms with Gasteiger partial charge in [-0.25, -0.2) is 0 Å². The van der Waals surface area contributed by atoms with E-state index in [1.165, 1.54) is 11.1 Å². The van der Waals surface area contributed by atoms with Gasteiger partial charge in [-0.15, -0.1) is 0 Å². The van der Waals surface area contributed by atoms with Crippen molar-refractivity contribution in [2.24, 2.45) is 0 Å². The molecule has 0 spiro atoms. The summed E-state index contributed by atoms with van der Waals surface area (Å²) in [7, 11) is 0. The highest BCUT2D eigenvalue weighted by Crippen LogP contribution is 2.25. The second-order valence-electron chi connectivity index (χ2n) is 4.43. The molecule has 1 nitrogen and oxygen atoms in total. The minimum Gasteiger partial charge on any atom is -0.310 e. The van der Waals surface area contributed by atoms with Crippen LogP contribution in [0.5, 0.6) is 0 Å². The Balaban J connectivity index is 2.88. The lowest BCUT2D eigenvalue weighted by molar-refractivity contribution is 0.543. The van der Waals surface area contributed by atoms with Crippen LogP contribution in [0.25, 0.3) is 0 Å². The molecule has 1 aromatic carbocycles. The van der Waals surface area contributed by atoms with Crippen molar-refractivity contribution in [3.63, 3.8) is 0 Å². The minimum atomic E-state index is 0.350. The van der Waals surface area contributed by atoms with Crippen molar-refractivity contribution in [2.75, 3.05) is 6.54 Å². The van der Waals surface area contributed by atoms with Gasteiger partial charge in [0, 0.05) is 11.1 Å². The number of aryl methyl sites for hydroxylation is 1. The molecule has 0 aromatic heterocycles. The lowest BCUT2D eigenvalue weighted by Gasteiger charge is -2.20. The first-order valence-electron chi connectivity index (χ1n) is 6.24. The van der Waals surface area contributed by atoms with Crippen molar-refractivity contribution in [3.8, 4) is 0 Å². The molecule has 0 saturated heterocycles. The molecule has 0 aliphatic heterocycles. The monoisotopic (exact) mass is 251 g/mol. The van der Waals surface area contributed by atoms with E-state index in [1.807, 2.05) is 13.0 Å². The van der Waals surface area contributed by atoms with E-state index in [-0.39, 0.29) is 0 Å². The molecule has 0 heterocycles. The van der Waals surface area contributed by atoms with Gasteiger partial charge in [-0.1, -0.05) is 49.7 Å². The molecule has 0 radical (unpaired) electrons. The molecule has 1 atom stereocenters. The molecule has 17 heavy (non-hydrogen) atoms. The molecule has 2 heteroatoms. The Hall–Kier alpha value is -0.790. The summed E-state index contributed by atoms with van der Waals surface area (Å²) in [5.41, 5.74) is 3.71. The van der Waals surface area contributed by atoms with E-state index >= 15 is 0 Å². The van der Waals surface area contributed by atoms with Gasteiger partial charge in [-0.3, -0.25) is 0 Å². The van der Waals surface area contributed by atoms with E-state index in [1.54, 1.807) is 0 Å². The van der Waals surface area contributed by atoms with Gasteiger partial charge in [0.15, 0.2) is 0 Å². The molecular weight excluding hydrogens is 230 g/mol. The van der Waals surface area contributed by atoms with Crippen LogP contribution in [0.3, 0.4) is 0 Å². The first kappa shape index (κ1) is 14.3. The molecule has 0 bridgehead atoms. The molecule has 0 aliphatic rings. The molecular formula is C15H22ClN. The van der Waals surface area contributed by atoms with Gasteiger partial charge in [0.05, 0.1) is 0 Å². The summed E-state index contributed by atoms with van der Waals surface area (Å²) in [4.78, 5) is 0. The molecule has 0 fully saturated rings. The Morgan fingerprint density at radius 1 is 1.41 bits per heavy atom. The topological polar surface area (TPSA) is 12.0 Å². The Kier molecular flexibility index (Phi) is 5.73. The fourth-order valence-corrected chi connectivity index (χ4v) is 1.99. The fraction of sp³-hybridized carbons (Fsp3) is 0.467. The normalized spacial score (nSPS) is 12.5. The third kappa shape index (κ3) is 4.18. The Morgan fingerprint density at radius 3 is 2.65 bits per heavy atom. The van der Waals surface area contributed by atoms with E-state index < -0.39 is 0 Å². The highest BCUT2D eigenvalue weighted by Gasteiger charge is 2.12. The fourth-order valence-electron chi connectivity index (χ4n) is 1.87. The van der Waals surface area contributed by atoms with Crippen molar-refractivity contribution in [2.45, 2.75) is 39.7 Å². The molecule has 1 unspecified atom stereocenters. The van der Waals surface area contributed by atoms with Crippen LogP contribution >= 0.6 is 11.6 Å². The Morgan fingerprint density at radius 2 is 2.12 bits per heavy atom. The predicted octanol–water partition coefficient (Wildman–Crippen LogP) is 4.66. The third-order valence-corrected chi connectivity index (χ3v) is 3.45. The summed E-state index contributed by atoms with van der Waals surface area (Å²) in [6.07, 6.45) is 2.03. The largest absolute Gasteiger partial charge is 0.310 e. The zero-order valence-corrected chi connectivity index (χ0v) is 11.8. The van der Waals surface area contributed by atoms with Crippen molar-refractivity contribution < 1.29 is 0 Å². The van der Waals surface area contributed by atoms with Crippen LogP contribution in [0.2, 0.25) is 5.02 Å². The zero-order chi connectivity index (χ0) is 12.8. The summed E-state index contributed by atoms with van der Waals surface area (Å²) in [6, 6.07) is 6.60. The van der Waals surface area contributed by atoms with Crippen molar-refractivity contribution >= 4 is 11.6 Å². The van der Waals surface area contributed by atoms with E-state index in [0.29, 0.717) is 6.04 Å². The van der Waals surface area contributed by atoms with E-state index in [4.69, 9.17) is 11.6 Å². The molecule has 0 aliphatic carbocycles. The van der Waals surface area contributed by atoms with Crippen LogP contribution in [-0.2, 0) is 0 Å². The summed E-state index contributed by atoms with van der Waals surface area (Å²) >= 11 is 6.06. The highest BCUT2D eigenvalue weighted by molar-refractivity contribution is 6.31. The third-order valence-electron chi connectivity index (χ3n) is 3.03. The molecule has 0 amide bonds. The van der Waals surface area contributed by atoms with E-state index in [0.717, 1.165) is 30.0 Å². The highest BCUT2D eigenvalue weighted by atomic mass is 35.5. The maximum absolute atomic E-state index is 6.06. The van der Waals surface area contributed by atoms with Crippen LogP contribution < -0.4 is 5.32 Å². The smallest absolute Gasteiger partial charge is 0.0435 e. The maximum atomic E-state index is 6.06. The van der Waals surface area contributed by atoms with Gasteiger partial charge in [0.2, 0.25) is 0 Å². The summed E-state index contributed by atoms with van der Waals surface area (Å²) in [5.74, 6) is 0. The first-order valence-corrected chi connectivity index (χ1v) is 6.62. The zero-order valence-electron chi connectivity index (χ0n) is 11.0. The second kappa shape index (κ2) is 6.83. The van der Waals surface area contributed by atoms with E-state index in [9.17, 15) is 0 Å². The number of benzene rings is 1. The molecule has 94 valence electrons. The molecule has 1 aromatic rings. The van der Waals surface area contributed by atoms with Crippen molar-refractivity contribution in [1.29, 1.82) is 0 Å². The van der Waals surface area contributed by atoms with Crippen LogP contribution in [0, 0.1) is 6.92 Å². The van der Waals surface area contributed by atoms with Gasteiger partial charge in [-0.2, -0.15) is 0 Å². The Labute approximate surface area is 110 Å².